The summed E-state index contributed by atoms with van der Waals surface area (Å²) in [5.41, 5.74) is 0. The van der Waals surface area contributed by atoms with Gasteiger partial charge in [0, 0.05) is 19.7 Å². The fourth-order valence-electron chi connectivity index (χ4n) is 1.37. The van der Waals surface area contributed by atoms with Gasteiger partial charge in [0.1, 0.15) is 0 Å². The third-order valence-electron chi connectivity index (χ3n) is 2.13. The minimum Gasteiger partial charge on any atom is -0.396 e. The van der Waals surface area contributed by atoms with E-state index < -0.39 is 10.0 Å². The lowest BCUT2D eigenvalue weighted by Gasteiger charge is -2.22. The van der Waals surface area contributed by atoms with Crippen molar-refractivity contribution in [2.75, 3.05) is 25.4 Å². The zero-order valence-corrected chi connectivity index (χ0v) is 10.8. The molecule has 92 valence electrons. The quantitative estimate of drug-likeness (QED) is 0.642. The van der Waals surface area contributed by atoms with Gasteiger partial charge in [-0.2, -0.15) is 0 Å². The molecule has 0 aromatic rings. The minimum atomic E-state index is -3.12. The molecule has 0 spiro atoms. The maximum Gasteiger partial charge on any atom is 0.214 e. The van der Waals surface area contributed by atoms with Crippen LogP contribution >= 0.6 is 0 Å². The van der Waals surface area contributed by atoms with Crippen LogP contribution in [0.15, 0.2) is 0 Å². The van der Waals surface area contributed by atoms with Crippen LogP contribution in [0.1, 0.15) is 33.6 Å². The molecule has 0 unspecified atom stereocenters. The summed E-state index contributed by atoms with van der Waals surface area (Å²) in [6.07, 6.45) is 1.09. The van der Waals surface area contributed by atoms with Gasteiger partial charge in [0.05, 0.1) is 5.75 Å². The number of aliphatic hydroxyl groups is 1. The monoisotopic (exact) mass is 237 g/mol. The number of aliphatic hydroxyl groups excluding tert-OH is 1. The molecular formula is C10H23NO3S. The Morgan fingerprint density at radius 1 is 1.27 bits per heavy atom. The number of unbranched alkanes of at least 4 members (excludes halogenated alkanes) is 1. The SMILES string of the molecule is CCN(CC(C)C)S(=O)(=O)CCCCO. The molecule has 0 aliphatic rings. The Labute approximate surface area is 93.3 Å². The van der Waals surface area contributed by atoms with Crippen LogP contribution in [0.3, 0.4) is 0 Å². The summed E-state index contributed by atoms with van der Waals surface area (Å²) in [4.78, 5) is 0. The lowest BCUT2D eigenvalue weighted by Crippen LogP contribution is -2.35. The highest BCUT2D eigenvalue weighted by Crippen LogP contribution is 2.08. The standard InChI is InChI=1S/C10H23NO3S/c1-4-11(9-10(2)3)15(13,14)8-6-5-7-12/h10,12H,4-9H2,1-3H3. The van der Waals surface area contributed by atoms with Crippen LogP contribution in [0, 0.1) is 5.92 Å². The molecule has 0 aliphatic heterocycles. The molecule has 0 rings (SSSR count). The van der Waals surface area contributed by atoms with Gasteiger partial charge in [-0.25, -0.2) is 12.7 Å². The largest absolute Gasteiger partial charge is 0.396 e. The zero-order chi connectivity index (χ0) is 11.9. The molecule has 0 fully saturated rings. The van der Waals surface area contributed by atoms with Gasteiger partial charge in [0.25, 0.3) is 0 Å². The van der Waals surface area contributed by atoms with E-state index in [1.54, 1.807) is 0 Å². The molecule has 0 aromatic heterocycles. The maximum atomic E-state index is 11.8. The predicted molar refractivity (Wildman–Crippen MR) is 62.2 cm³/mol. The summed E-state index contributed by atoms with van der Waals surface area (Å²) < 4.78 is 25.2. The van der Waals surface area contributed by atoms with E-state index in [0.717, 1.165) is 0 Å². The molecule has 5 heteroatoms. The molecular weight excluding hydrogens is 214 g/mol. The second-order valence-electron chi connectivity index (χ2n) is 4.09. The van der Waals surface area contributed by atoms with Crippen molar-refractivity contribution in [3.05, 3.63) is 0 Å². The van der Waals surface area contributed by atoms with E-state index in [1.165, 1.54) is 4.31 Å². The Morgan fingerprint density at radius 2 is 1.87 bits per heavy atom. The second kappa shape index (κ2) is 7.19. The van der Waals surface area contributed by atoms with E-state index in [2.05, 4.69) is 0 Å². The van der Waals surface area contributed by atoms with Crippen molar-refractivity contribution < 1.29 is 13.5 Å². The summed E-state index contributed by atoms with van der Waals surface area (Å²) in [5, 5.41) is 8.60. The highest BCUT2D eigenvalue weighted by Gasteiger charge is 2.20. The summed E-state index contributed by atoms with van der Waals surface area (Å²) in [7, 11) is -3.12. The van der Waals surface area contributed by atoms with Gasteiger partial charge in [0.15, 0.2) is 0 Å². The van der Waals surface area contributed by atoms with Crippen molar-refractivity contribution in [2.45, 2.75) is 33.6 Å². The van der Waals surface area contributed by atoms with E-state index in [-0.39, 0.29) is 12.4 Å². The summed E-state index contributed by atoms with van der Waals surface area (Å²) >= 11 is 0. The van der Waals surface area contributed by atoms with E-state index in [4.69, 9.17) is 5.11 Å². The molecule has 0 heterocycles. The first-order chi connectivity index (χ1) is 6.94. The first kappa shape index (κ1) is 14.9. The first-order valence-corrected chi connectivity index (χ1v) is 7.13. The topological polar surface area (TPSA) is 57.6 Å². The Hall–Kier alpha value is -0.130. The van der Waals surface area contributed by atoms with Gasteiger partial charge < -0.3 is 5.11 Å². The molecule has 0 aliphatic carbocycles. The predicted octanol–water partition coefficient (Wildman–Crippen LogP) is 1.07. The molecule has 15 heavy (non-hydrogen) atoms. The van der Waals surface area contributed by atoms with Gasteiger partial charge in [-0.3, -0.25) is 0 Å². The van der Waals surface area contributed by atoms with Crippen molar-refractivity contribution >= 4 is 10.0 Å². The molecule has 1 N–H and O–H groups in total. The van der Waals surface area contributed by atoms with Crippen LogP contribution in [0.25, 0.3) is 0 Å². The number of hydrogen-bond donors (Lipinski definition) is 1. The zero-order valence-electron chi connectivity index (χ0n) is 9.94. The number of hydrogen-bond acceptors (Lipinski definition) is 3. The van der Waals surface area contributed by atoms with E-state index in [0.29, 0.717) is 31.8 Å². The van der Waals surface area contributed by atoms with Crippen molar-refractivity contribution in [1.29, 1.82) is 0 Å². The second-order valence-corrected chi connectivity index (χ2v) is 6.18. The van der Waals surface area contributed by atoms with Gasteiger partial charge >= 0.3 is 0 Å². The molecule has 0 bridgehead atoms. The van der Waals surface area contributed by atoms with Crippen molar-refractivity contribution in [2.24, 2.45) is 5.92 Å². The Balaban J connectivity index is 4.26. The molecule has 0 atom stereocenters. The third-order valence-corrected chi connectivity index (χ3v) is 4.12. The van der Waals surface area contributed by atoms with Gasteiger partial charge in [-0.15, -0.1) is 0 Å². The van der Waals surface area contributed by atoms with Crippen LogP contribution in [0.4, 0.5) is 0 Å². The third kappa shape index (κ3) is 6.12. The average molecular weight is 237 g/mol. The van der Waals surface area contributed by atoms with Crippen LogP contribution < -0.4 is 0 Å². The maximum absolute atomic E-state index is 11.8. The molecule has 4 nitrogen and oxygen atoms in total. The summed E-state index contributed by atoms with van der Waals surface area (Å²) in [6, 6.07) is 0. The van der Waals surface area contributed by atoms with Crippen LogP contribution in [-0.2, 0) is 10.0 Å². The van der Waals surface area contributed by atoms with Gasteiger partial charge in [-0.1, -0.05) is 20.8 Å². The van der Waals surface area contributed by atoms with E-state index in [9.17, 15) is 8.42 Å². The number of rotatable bonds is 8. The highest BCUT2D eigenvalue weighted by atomic mass is 32.2. The van der Waals surface area contributed by atoms with Crippen molar-refractivity contribution in [3.63, 3.8) is 0 Å². The van der Waals surface area contributed by atoms with Crippen LogP contribution in [-0.4, -0.2) is 43.3 Å². The first-order valence-electron chi connectivity index (χ1n) is 5.52. The summed E-state index contributed by atoms with van der Waals surface area (Å²) in [5.74, 6) is 0.492. The fraction of sp³-hybridized carbons (Fsp3) is 1.00. The molecule has 0 radical (unpaired) electrons. The van der Waals surface area contributed by atoms with E-state index in [1.807, 2.05) is 20.8 Å². The van der Waals surface area contributed by atoms with Crippen molar-refractivity contribution in [1.82, 2.24) is 4.31 Å². The Kier molecular flexibility index (Phi) is 7.13. The van der Waals surface area contributed by atoms with Crippen LogP contribution in [0.2, 0.25) is 0 Å². The lowest BCUT2D eigenvalue weighted by molar-refractivity contribution is 0.286. The van der Waals surface area contributed by atoms with Gasteiger partial charge in [-0.05, 0) is 18.8 Å². The average Bonchev–Trinajstić information content (AvgIpc) is 2.14. The summed E-state index contributed by atoms with van der Waals surface area (Å²) in [6.45, 7) is 7.03. The number of nitrogens with zero attached hydrogens (tertiary/aromatic N) is 1. The van der Waals surface area contributed by atoms with Crippen LogP contribution in [0.5, 0.6) is 0 Å². The van der Waals surface area contributed by atoms with E-state index >= 15 is 0 Å². The molecule has 0 saturated heterocycles. The Bertz CT molecular complexity index is 249. The number of sulfonamides is 1. The molecule has 0 amide bonds. The van der Waals surface area contributed by atoms with Crippen molar-refractivity contribution in [3.8, 4) is 0 Å². The normalized spacial score (nSPS) is 12.7. The fourth-order valence-corrected chi connectivity index (χ4v) is 3.12. The highest BCUT2D eigenvalue weighted by molar-refractivity contribution is 7.89. The lowest BCUT2D eigenvalue weighted by atomic mass is 10.2. The molecule has 0 aromatic carbocycles. The smallest absolute Gasteiger partial charge is 0.214 e. The molecule has 0 saturated carbocycles. The Morgan fingerprint density at radius 3 is 2.27 bits per heavy atom. The van der Waals surface area contributed by atoms with Gasteiger partial charge in [0.2, 0.25) is 10.0 Å². The minimum absolute atomic E-state index is 0.0613.